The van der Waals surface area contributed by atoms with Gasteiger partial charge >= 0.3 is 0 Å². The van der Waals surface area contributed by atoms with E-state index in [0.29, 0.717) is 6.54 Å². The molecule has 2 aromatic rings. The van der Waals surface area contributed by atoms with Gasteiger partial charge in [-0.2, -0.15) is 5.10 Å². The molecule has 2 rings (SSSR count). The van der Waals surface area contributed by atoms with Crippen molar-refractivity contribution in [2.45, 2.75) is 33.0 Å². The van der Waals surface area contributed by atoms with Crippen molar-refractivity contribution in [2.75, 3.05) is 0 Å². The molecule has 0 aliphatic carbocycles. The standard InChI is InChI=1S/C13H17FN4/c1-3-18-13(16-9-17-18)8-15-10(2)11-4-6-12(14)7-5-11/h4-7,9-10,15H,3,8H2,1-2H3/t10-/m1/s1. The third-order valence-electron chi connectivity index (χ3n) is 2.93. The van der Waals surface area contributed by atoms with Crippen LogP contribution in [0.5, 0.6) is 0 Å². The van der Waals surface area contributed by atoms with E-state index in [4.69, 9.17) is 0 Å². The van der Waals surface area contributed by atoms with E-state index in [0.717, 1.165) is 17.9 Å². The summed E-state index contributed by atoms with van der Waals surface area (Å²) in [5.74, 6) is 0.697. The van der Waals surface area contributed by atoms with E-state index in [1.165, 1.54) is 12.1 Å². The molecule has 0 amide bonds. The fourth-order valence-corrected chi connectivity index (χ4v) is 1.80. The lowest BCUT2D eigenvalue weighted by Crippen LogP contribution is -2.21. The van der Waals surface area contributed by atoms with Gasteiger partial charge in [-0.3, -0.25) is 0 Å². The van der Waals surface area contributed by atoms with Crippen LogP contribution >= 0.6 is 0 Å². The second-order valence-electron chi connectivity index (χ2n) is 4.15. The lowest BCUT2D eigenvalue weighted by Gasteiger charge is -2.14. The highest BCUT2D eigenvalue weighted by Gasteiger charge is 2.07. The molecule has 5 heteroatoms. The van der Waals surface area contributed by atoms with Gasteiger partial charge in [0.15, 0.2) is 0 Å². The minimum absolute atomic E-state index is 0.146. The van der Waals surface area contributed by atoms with Crippen molar-refractivity contribution in [2.24, 2.45) is 0 Å². The smallest absolute Gasteiger partial charge is 0.140 e. The van der Waals surface area contributed by atoms with Crippen LogP contribution < -0.4 is 5.32 Å². The van der Waals surface area contributed by atoms with Gasteiger partial charge < -0.3 is 5.32 Å². The molecular formula is C13H17FN4. The van der Waals surface area contributed by atoms with Crippen LogP contribution in [0.15, 0.2) is 30.6 Å². The number of hydrogen-bond acceptors (Lipinski definition) is 3. The molecular weight excluding hydrogens is 231 g/mol. The van der Waals surface area contributed by atoms with E-state index in [9.17, 15) is 4.39 Å². The molecule has 0 spiro atoms. The third-order valence-corrected chi connectivity index (χ3v) is 2.93. The quantitative estimate of drug-likeness (QED) is 0.882. The van der Waals surface area contributed by atoms with Crippen LogP contribution in [0.2, 0.25) is 0 Å². The highest BCUT2D eigenvalue weighted by molar-refractivity contribution is 5.19. The summed E-state index contributed by atoms with van der Waals surface area (Å²) in [6.45, 7) is 5.52. The molecule has 0 radical (unpaired) electrons. The molecule has 96 valence electrons. The number of rotatable bonds is 5. The van der Waals surface area contributed by atoms with Gasteiger partial charge in [0.1, 0.15) is 18.0 Å². The zero-order valence-electron chi connectivity index (χ0n) is 10.6. The van der Waals surface area contributed by atoms with Crippen LogP contribution in [0.25, 0.3) is 0 Å². The average molecular weight is 248 g/mol. The summed E-state index contributed by atoms with van der Waals surface area (Å²) in [6, 6.07) is 6.67. The van der Waals surface area contributed by atoms with E-state index in [1.54, 1.807) is 18.5 Å². The Labute approximate surface area is 106 Å². The first-order valence-corrected chi connectivity index (χ1v) is 6.06. The summed E-state index contributed by atoms with van der Waals surface area (Å²) in [5, 5.41) is 7.46. The van der Waals surface area contributed by atoms with Gasteiger partial charge in [0.25, 0.3) is 0 Å². The molecule has 0 aliphatic heterocycles. The topological polar surface area (TPSA) is 42.7 Å². The van der Waals surface area contributed by atoms with E-state index < -0.39 is 0 Å². The number of nitrogens with zero attached hydrogens (tertiary/aromatic N) is 3. The Hall–Kier alpha value is -1.75. The van der Waals surface area contributed by atoms with Crippen molar-refractivity contribution < 1.29 is 4.39 Å². The van der Waals surface area contributed by atoms with Gasteiger partial charge in [-0.05, 0) is 31.5 Å². The number of halogens is 1. The molecule has 18 heavy (non-hydrogen) atoms. The first-order valence-electron chi connectivity index (χ1n) is 6.06. The van der Waals surface area contributed by atoms with Gasteiger partial charge in [-0.1, -0.05) is 12.1 Å². The number of nitrogens with one attached hydrogen (secondary N) is 1. The van der Waals surface area contributed by atoms with Crippen LogP contribution in [0.1, 0.15) is 31.3 Å². The first-order chi connectivity index (χ1) is 8.70. The number of aryl methyl sites for hydroxylation is 1. The molecule has 1 heterocycles. The fourth-order valence-electron chi connectivity index (χ4n) is 1.80. The minimum atomic E-state index is -0.211. The van der Waals surface area contributed by atoms with Crippen LogP contribution in [-0.2, 0) is 13.1 Å². The Morgan fingerprint density at radius 2 is 2.06 bits per heavy atom. The van der Waals surface area contributed by atoms with Crippen molar-refractivity contribution in [3.8, 4) is 0 Å². The van der Waals surface area contributed by atoms with Crippen molar-refractivity contribution in [3.63, 3.8) is 0 Å². The summed E-state index contributed by atoms with van der Waals surface area (Å²) in [4.78, 5) is 4.20. The molecule has 1 aromatic heterocycles. The maximum atomic E-state index is 12.8. The van der Waals surface area contributed by atoms with Crippen molar-refractivity contribution in [1.82, 2.24) is 20.1 Å². The summed E-state index contributed by atoms with van der Waals surface area (Å²) in [5.41, 5.74) is 1.05. The van der Waals surface area contributed by atoms with Crippen LogP contribution in [0.4, 0.5) is 4.39 Å². The lowest BCUT2D eigenvalue weighted by atomic mass is 10.1. The summed E-state index contributed by atoms with van der Waals surface area (Å²) >= 11 is 0. The molecule has 0 saturated heterocycles. The number of benzene rings is 1. The van der Waals surface area contributed by atoms with E-state index >= 15 is 0 Å². The maximum absolute atomic E-state index is 12.8. The second-order valence-corrected chi connectivity index (χ2v) is 4.15. The monoisotopic (exact) mass is 248 g/mol. The molecule has 0 bridgehead atoms. The molecule has 0 saturated carbocycles. The molecule has 1 atom stereocenters. The fraction of sp³-hybridized carbons (Fsp3) is 0.385. The summed E-state index contributed by atoms with van der Waals surface area (Å²) in [6.07, 6.45) is 1.56. The first kappa shape index (κ1) is 12.7. The third kappa shape index (κ3) is 2.92. The van der Waals surface area contributed by atoms with E-state index in [-0.39, 0.29) is 11.9 Å². The van der Waals surface area contributed by atoms with Gasteiger partial charge in [0.2, 0.25) is 0 Å². The maximum Gasteiger partial charge on any atom is 0.140 e. The van der Waals surface area contributed by atoms with Crippen LogP contribution in [0, 0.1) is 5.82 Å². The Morgan fingerprint density at radius 3 is 2.72 bits per heavy atom. The molecule has 1 aromatic carbocycles. The largest absolute Gasteiger partial charge is 0.303 e. The van der Waals surface area contributed by atoms with Gasteiger partial charge in [0, 0.05) is 12.6 Å². The second kappa shape index (κ2) is 5.73. The Morgan fingerprint density at radius 1 is 1.33 bits per heavy atom. The van der Waals surface area contributed by atoms with Gasteiger partial charge in [0.05, 0.1) is 6.54 Å². The van der Waals surface area contributed by atoms with Gasteiger partial charge in [-0.15, -0.1) is 0 Å². The molecule has 0 unspecified atom stereocenters. The lowest BCUT2D eigenvalue weighted by molar-refractivity contribution is 0.522. The Kier molecular flexibility index (Phi) is 4.04. The zero-order valence-corrected chi connectivity index (χ0v) is 10.6. The normalized spacial score (nSPS) is 12.6. The van der Waals surface area contributed by atoms with Crippen molar-refractivity contribution in [1.29, 1.82) is 0 Å². The van der Waals surface area contributed by atoms with E-state index in [1.807, 2.05) is 18.5 Å². The SMILES string of the molecule is CCn1ncnc1CN[C@H](C)c1ccc(F)cc1. The molecule has 4 nitrogen and oxygen atoms in total. The highest BCUT2D eigenvalue weighted by atomic mass is 19.1. The summed E-state index contributed by atoms with van der Waals surface area (Å²) in [7, 11) is 0. The summed E-state index contributed by atoms with van der Waals surface area (Å²) < 4.78 is 14.7. The van der Waals surface area contributed by atoms with E-state index in [2.05, 4.69) is 15.4 Å². The van der Waals surface area contributed by atoms with Crippen molar-refractivity contribution in [3.05, 3.63) is 47.8 Å². The minimum Gasteiger partial charge on any atom is -0.303 e. The van der Waals surface area contributed by atoms with Crippen LogP contribution in [-0.4, -0.2) is 14.8 Å². The van der Waals surface area contributed by atoms with Gasteiger partial charge in [-0.25, -0.2) is 14.1 Å². The predicted molar refractivity (Wildman–Crippen MR) is 67.4 cm³/mol. The average Bonchev–Trinajstić information content (AvgIpc) is 2.84. The number of aromatic nitrogens is 3. The Balaban J connectivity index is 1.96. The van der Waals surface area contributed by atoms with Crippen LogP contribution in [0.3, 0.4) is 0 Å². The highest BCUT2D eigenvalue weighted by Crippen LogP contribution is 2.13. The Bertz CT molecular complexity index is 492. The molecule has 1 N–H and O–H groups in total. The van der Waals surface area contributed by atoms with Crippen molar-refractivity contribution >= 4 is 0 Å². The number of hydrogen-bond donors (Lipinski definition) is 1. The molecule has 0 aliphatic rings. The molecule has 0 fully saturated rings. The zero-order chi connectivity index (χ0) is 13.0. The predicted octanol–water partition coefficient (Wildman–Crippen LogP) is 2.29.